The predicted molar refractivity (Wildman–Crippen MR) is 63.5 cm³/mol. The van der Waals surface area contributed by atoms with Crippen LogP contribution in [0.2, 0.25) is 0 Å². The van der Waals surface area contributed by atoms with Gasteiger partial charge in [-0.3, -0.25) is 0 Å². The Labute approximate surface area is 94.4 Å². The van der Waals surface area contributed by atoms with Crippen LogP contribution in [0.5, 0.6) is 5.75 Å². The third-order valence-electron chi connectivity index (χ3n) is 2.57. The smallest absolute Gasteiger partial charge is 0.118 e. The summed E-state index contributed by atoms with van der Waals surface area (Å²) in [4.78, 5) is 6.98. The van der Waals surface area contributed by atoms with Crippen LogP contribution < -0.4 is 5.32 Å². The molecule has 0 saturated carbocycles. The number of H-pyrrole nitrogens is 1. The number of nitrogens with one attached hydrogen (secondary N) is 2. The molecule has 0 aliphatic heterocycles. The van der Waals surface area contributed by atoms with Crippen molar-refractivity contribution in [1.29, 1.82) is 0 Å². The van der Waals surface area contributed by atoms with Gasteiger partial charge in [0.2, 0.25) is 0 Å². The third kappa shape index (κ3) is 2.16. The molecule has 4 nitrogen and oxygen atoms in total. The van der Waals surface area contributed by atoms with Gasteiger partial charge in [-0.05, 0) is 37.1 Å². The minimum absolute atomic E-state index is 0.338. The maximum absolute atomic E-state index is 9.53. The van der Waals surface area contributed by atoms with Crippen molar-refractivity contribution in [2.75, 3.05) is 5.32 Å². The van der Waals surface area contributed by atoms with Crippen LogP contribution in [0, 0.1) is 13.8 Å². The van der Waals surface area contributed by atoms with E-state index in [4.69, 9.17) is 0 Å². The molecule has 0 bridgehead atoms. The number of aromatic amines is 1. The maximum Gasteiger partial charge on any atom is 0.118 e. The lowest BCUT2D eigenvalue weighted by Gasteiger charge is -2.10. The van der Waals surface area contributed by atoms with Crippen LogP contribution in [0.15, 0.2) is 24.7 Å². The summed E-state index contributed by atoms with van der Waals surface area (Å²) in [5.74, 6) is 0.338. The Morgan fingerprint density at radius 2 is 2.12 bits per heavy atom. The number of hydrogen-bond acceptors (Lipinski definition) is 3. The van der Waals surface area contributed by atoms with Crippen molar-refractivity contribution < 1.29 is 5.11 Å². The first-order valence-corrected chi connectivity index (χ1v) is 5.18. The van der Waals surface area contributed by atoms with E-state index in [0.717, 1.165) is 22.5 Å². The molecule has 3 N–H and O–H groups in total. The van der Waals surface area contributed by atoms with Gasteiger partial charge in [0.25, 0.3) is 0 Å². The highest BCUT2D eigenvalue weighted by molar-refractivity contribution is 5.56. The molecular weight excluding hydrogens is 202 g/mol. The fraction of sp³-hybridized carbons (Fsp3) is 0.250. The fourth-order valence-corrected chi connectivity index (χ4v) is 1.56. The second-order valence-electron chi connectivity index (χ2n) is 3.88. The number of nitrogens with zero attached hydrogens (tertiary/aromatic N) is 1. The quantitative estimate of drug-likeness (QED) is 0.691. The average Bonchev–Trinajstić information content (AvgIpc) is 2.74. The highest BCUT2D eigenvalue weighted by atomic mass is 16.3. The monoisotopic (exact) mass is 217 g/mol. The Kier molecular flexibility index (Phi) is 2.81. The number of aromatic hydroxyl groups is 1. The number of rotatable bonds is 3. The largest absolute Gasteiger partial charge is 0.508 e. The molecule has 16 heavy (non-hydrogen) atoms. The lowest BCUT2D eigenvalue weighted by Crippen LogP contribution is -2.01. The lowest BCUT2D eigenvalue weighted by molar-refractivity contribution is 0.471. The second kappa shape index (κ2) is 4.26. The van der Waals surface area contributed by atoms with Gasteiger partial charge in [0.15, 0.2) is 0 Å². The zero-order chi connectivity index (χ0) is 11.5. The summed E-state index contributed by atoms with van der Waals surface area (Å²) in [5.41, 5.74) is 3.97. The first kappa shape index (κ1) is 10.5. The van der Waals surface area contributed by atoms with E-state index in [-0.39, 0.29) is 0 Å². The summed E-state index contributed by atoms with van der Waals surface area (Å²) in [6.45, 7) is 4.55. The van der Waals surface area contributed by atoms with Crippen molar-refractivity contribution in [2.45, 2.75) is 20.4 Å². The molecule has 2 aromatic rings. The van der Waals surface area contributed by atoms with Gasteiger partial charge in [0.1, 0.15) is 5.75 Å². The molecule has 2 rings (SSSR count). The Balaban J connectivity index is 2.12. The van der Waals surface area contributed by atoms with Gasteiger partial charge in [0, 0.05) is 11.9 Å². The minimum Gasteiger partial charge on any atom is -0.508 e. The number of hydrogen-bond donors (Lipinski definition) is 3. The second-order valence-corrected chi connectivity index (χ2v) is 3.88. The third-order valence-corrected chi connectivity index (χ3v) is 2.57. The molecule has 0 saturated heterocycles. The molecule has 0 aliphatic carbocycles. The highest BCUT2D eigenvalue weighted by Gasteiger charge is 2.03. The van der Waals surface area contributed by atoms with Gasteiger partial charge in [-0.1, -0.05) is 0 Å². The summed E-state index contributed by atoms with van der Waals surface area (Å²) < 4.78 is 0. The van der Waals surface area contributed by atoms with E-state index in [2.05, 4.69) is 15.3 Å². The molecule has 0 unspecified atom stereocenters. The summed E-state index contributed by atoms with van der Waals surface area (Å²) in [7, 11) is 0. The van der Waals surface area contributed by atoms with E-state index in [9.17, 15) is 5.11 Å². The number of aryl methyl sites for hydroxylation is 2. The number of imidazole rings is 1. The Morgan fingerprint density at radius 1 is 1.31 bits per heavy atom. The van der Waals surface area contributed by atoms with E-state index in [1.54, 1.807) is 18.6 Å². The summed E-state index contributed by atoms with van der Waals surface area (Å²) >= 11 is 0. The number of benzene rings is 1. The highest BCUT2D eigenvalue weighted by Crippen LogP contribution is 2.25. The summed E-state index contributed by atoms with van der Waals surface area (Å²) in [6.07, 6.45) is 3.45. The summed E-state index contributed by atoms with van der Waals surface area (Å²) in [5, 5.41) is 12.8. The predicted octanol–water partition coefficient (Wildman–Crippen LogP) is 2.34. The molecule has 1 aromatic heterocycles. The van der Waals surface area contributed by atoms with E-state index in [0.29, 0.717) is 12.3 Å². The lowest BCUT2D eigenvalue weighted by atomic mass is 10.1. The van der Waals surface area contributed by atoms with Gasteiger partial charge in [-0.2, -0.15) is 0 Å². The van der Waals surface area contributed by atoms with Gasteiger partial charge < -0.3 is 15.4 Å². The van der Waals surface area contributed by atoms with E-state index in [1.165, 1.54) is 0 Å². The Bertz CT molecular complexity index is 477. The van der Waals surface area contributed by atoms with Gasteiger partial charge >= 0.3 is 0 Å². The molecule has 1 aromatic carbocycles. The van der Waals surface area contributed by atoms with Gasteiger partial charge in [0.05, 0.1) is 18.6 Å². The number of aromatic nitrogens is 2. The number of anilines is 1. The fourth-order valence-electron chi connectivity index (χ4n) is 1.56. The van der Waals surface area contributed by atoms with Crippen LogP contribution in [0.1, 0.15) is 16.8 Å². The molecular formula is C12H15N3O. The van der Waals surface area contributed by atoms with E-state index in [1.807, 2.05) is 19.9 Å². The number of phenolic OH excluding ortho intramolecular Hbond substituents is 1. The zero-order valence-electron chi connectivity index (χ0n) is 9.41. The molecule has 0 amide bonds. The SMILES string of the molecule is Cc1cc(NCc2cnc[nH]2)c(C)cc1O. The molecule has 0 fully saturated rings. The molecule has 0 aliphatic rings. The molecule has 0 spiro atoms. The van der Waals surface area contributed by atoms with Gasteiger partial charge in [-0.15, -0.1) is 0 Å². The van der Waals surface area contributed by atoms with Gasteiger partial charge in [-0.25, -0.2) is 4.98 Å². The molecule has 84 valence electrons. The minimum atomic E-state index is 0.338. The molecule has 0 atom stereocenters. The van der Waals surface area contributed by atoms with Crippen molar-refractivity contribution in [3.63, 3.8) is 0 Å². The molecule has 1 heterocycles. The molecule has 0 radical (unpaired) electrons. The van der Waals surface area contributed by atoms with Crippen molar-refractivity contribution >= 4 is 5.69 Å². The average molecular weight is 217 g/mol. The summed E-state index contributed by atoms with van der Waals surface area (Å²) in [6, 6.07) is 3.71. The van der Waals surface area contributed by atoms with Crippen LogP contribution in [-0.2, 0) is 6.54 Å². The van der Waals surface area contributed by atoms with E-state index < -0.39 is 0 Å². The first-order valence-electron chi connectivity index (χ1n) is 5.18. The van der Waals surface area contributed by atoms with Crippen molar-refractivity contribution in [1.82, 2.24) is 9.97 Å². The normalized spacial score (nSPS) is 10.4. The van der Waals surface area contributed by atoms with Crippen molar-refractivity contribution in [2.24, 2.45) is 0 Å². The first-order chi connectivity index (χ1) is 7.66. The molecule has 4 heteroatoms. The van der Waals surface area contributed by atoms with Crippen molar-refractivity contribution in [3.05, 3.63) is 41.5 Å². The maximum atomic E-state index is 9.53. The Morgan fingerprint density at radius 3 is 2.81 bits per heavy atom. The number of phenols is 1. The van der Waals surface area contributed by atoms with Crippen LogP contribution >= 0.6 is 0 Å². The van der Waals surface area contributed by atoms with E-state index >= 15 is 0 Å². The zero-order valence-corrected chi connectivity index (χ0v) is 9.41. The van der Waals surface area contributed by atoms with Crippen LogP contribution in [-0.4, -0.2) is 15.1 Å². The van der Waals surface area contributed by atoms with Crippen LogP contribution in [0.25, 0.3) is 0 Å². The Hall–Kier alpha value is -1.97. The topological polar surface area (TPSA) is 60.9 Å². The van der Waals surface area contributed by atoms with Crippen molar-refractivity contribution in [3.8, 4) is 5.75 Å². The van der Waals surface area contributed by atoms with Crippen LogP contribution in [0.4, 0.5) is 5.69 Å². The standard InChI is InChI=1S/C12H15N3O/c1-8-4-12(16)9(2)3-11(8)14-6-10-5-13-7-15-10/h3-5,7,14,16H,6H2,1-2H3,(H,13,15). The van der Waals surface area contributed by atoms with Crippen LogP contribution in [0.3, 0.4) is 0 Å².